The lowest BCUT2D eigenvalue weighted by Crippen LogP contribution is -2.19. The maximum atomic E-state index is 12.3. The number of rotatable bonds is 4. The van der Waals surface area contributed by atoms with Crippen molar-refractivity contribution in [3.63, 3.8) is 0 Å². The molecule has 20 heavy (non-hydrogen) atoms. The predicted octanol–water partition coefficient (Wildman–Crippen LogP) is 5.07. The second-order valence-corrected chi connectivity index (χ2v) is 7.67. The first-order valence-corrected chi connectivity index (χ1v) is 7.81. The average molecular weight is 314 g/mol. The third-order valence-electron chi connectivity index (χ3n) is 3.76. The highest BCUT2D eigenvalue weighted by molar-refractivity contribution is 6.52. The summed E-state index contributed by atoms with van der Waals surface area (Å²) >= 11 is 12.0. The summed E-state index contributed by atoms with van der Waals surface area (Å²) in [6.45, 7) is 8.50. The van der Waals surface area contributed by atoms with E-state index in [0.717, 1.165) is 16.8 Å². The maximum Gasteiger partial charge on any atom is 0.230 e. The molecule has 1 aromatic rings. The molecule has 1 aliphatic rings. The normalized spacial score (nSPS) is 20.3. The number of nitrogens with one attached hydrogen (secondary N) is 1. The van der Waals surface area contributed by atoms with E-state index in [1.54, 1.807) is 0 Å². The largest absolute Gasteiger partial charge is 0.325 e. The molecule has 1 saturated carbocycles. The van der Waals surface area contributed by atoms with Gasteiger partial charge in [-0.2, -0.15) is 0 Å². The molecular formula is C16H21Cl2NO. The third-order valence-corrected chi connectivity index (χ3v) is 4.60. The van der Waals surface area contributed by atoms with Gasteiger partial charge >= 0.3 is 0 Å². The molecule has 1 fully saturated rings. The fraction of sp³-hybridized carbons (Fsp3) is 0.562. The number of anilines is 1. The molecule has 2 nitrogen and oxygen atoms in total. The standard InChI is InChI=1S/C16H21Cl2NO/c1-9(2)11-6-5-7-12(10(3)4)14(11)19-15(20)13-8-16(13,17)18/h5-7,9-10,13H,8H2,1-4H3,(H,19,20). The highest BCUT2D eigenvalue weighted by atomic mass is 35.5. The van der Waals surface area contributed by atoms with Crippen molar-refractivity contribution >= 4 is 34.8 Å². The molecule has 1 atom stereocenters. The Bertz CT molecular complexity index is 497. The Morgan fingerprint density at radius 1 is 1.20 bits per heavy atom. The first-order valence-electron chi connectivity index (χ1n) is 7.05. The molecule has 1 aliphatic carbocycles. The van der Waals surface area contributed by atoms with Gasteiger partial charge in [-0.15, -0.1) is 23.2 Å². The number of para-hydroxylation sites is 1. The summed E-state index contributed by atoms with van der Waals surface area (Å²) in [5.41, 5.74) is 3.23. The van der Waals surface area contributed by atoms with E-state index in [9.17, 15) is 4.79 Å². The van der Waals surface area contributed by atoms with E-state index in [2.05, 4.69) is 45.1 Å². The third kappa shape index (κ3) is 3.12. The van der Waals surface area contributed by atoms with Gasteiger partial charge in [-0.3, -0.25) is 4.79 Å². The number of halogens is 2. The molecule has 0 aromatic heterocycles. The number of hydrogen-bond acceptors (Lipinski definition) is 1. The van der Waals surface area contributed by atoms with Crippen molar-refractivity contribution in [2.24, 2.45) is 5.92 Å². The van der Waals surface area contributed by atoms with E-state index in [-0.39, 0.29) is 11.8 Å². The smallest absolute Gasteiger partial charge is 0.230 e. The highest BCUT2D eigenvalue weighted by Crippen LogP contribution is 2.53. The molecule has 1 amide bonds. The maximum absolute atomic E-state index is 12.3. The van der Waals surface area contributed by atoms with Crippen LogP contribution in [0.1, 0.15) is 57.1 Å². The van der Waals surface area contributed by atoms with Gasteiger partial charge in [0.25, 0.3) is 0 Å². The monoisotopic (exact) mass is 313 g/mol. The van der Waals surface area contributed by atoms with Crippen molar-refractivity contribution in [1.29, 1.82) is 0 Å². The summed E-state index contributed by atoms with van der Waals surface area (Å²) in [5, 5.41) is 3.05. The number of amides is 1. The molecule has 110 valence electrons. The van der Waals surface area contributed by atoms with Crippen molar-refractivity contribution in [3.8, 4) is 0 Å². The molecular weight excluding hydrogens is 293 g/mol. The van der Waals surface area contributed by atoms with Crippen molar-refractivity contribution in [2.45, 2.75) is 50.3 Å². The zero-order valence-corrected chi connectivity index (χ0v) is 13.8. The van der Waals surface area contributed by atoms with E-state index in [4.69, 9.17) is 23.2 Å². The zero-order valence-electron chi connectivity index (χ0n) is 12.3. The second-order valence-electron chi connectivity index (χ2n) is 6.13. The second kappa shape index (κ2) is 5.57. The van der Waals surface area contributed by atoms with Crippen molar-refractivity contribution in [1.82, 2.24) is 0 Å². The minimum absolute atomic E-state index is 0.0787. The van der Waals surface area contributed by atoms with E-state index in [1.165, 1.54) is 0 Å². The number of alkyl halides is 2. The van der Waals surface area contributed by atoms with Crippen LogP contribution in [-0.2, 0) is 4.79 Å². The lowest BCUT2D eigenvalue weighted by Gasteiger charge is -2.20. The van der Waals surface area contributed by atoms with Crippen LogP contribution in [0.2, 0.25) is 0 Å². The summed E-state index contributed by atoms with van der Waals surface area (Å²) in [5.74, 6) is 0.316. The van der Waals surface area contributed by atoms with Gasteiger partial charge in [0.15, 0.2) is 0 Å². The predicted molar refractivity (Wildman–Crippen MR) is 85.8 cm³/mol. The van der Waals surface area contributed by atoms with Crippen LogP contribution in [0, 0.1) is 5.92 Å². The number of carbonyl (C=O) groups is 1. The zero-order chi connectivity index (χ0) is 15.1. The van der Waals surface area contributed by atoms with Crippen LogP contribution in [0.15, 0.2) is 18.2 Å². The fourth-order valence-corrected chi connectivity index (χ4v) is 2.91. The molecule has 0 bridgehead atoms. The summed E-state index contributed by atoms with van der Waals surface area (Å²) in [6.07, 6.45) is 0.531. The van der Waals surface area contributed by atoms with Gasteiger partial charge in [0.05, 0.1) is 5.92 Å². The Morgan fingerprint density at radius 3 is 2.00 bits per heavy atom. The number of hydrogen-bond donors (Lipinski definition) is 1. The van der Waals surface area contributed by atoms with Crippen LogP contribution in [0.5, 0.6) is 0 Å². The minimum atomic E-state index is -0.880. The van der Waals surface area contributed by atoms with E-state index >= 15 is 0 Å². The minimum Gasteiger partial charge on any atom is -0.325 e. The fourth-order valence-electron chi connectivity index (χ4n) is 2.40. The molecule has 0 heterocycles. The molecule has 1 N–H and O–H groups in total. The lowest BCUT2D eigenvalue weighted by atomic mass is 9.92. The van der Waals surface area contributed by atoms with E-state index in [0.29, 0.717) is 18.3 Å². The van der Waals surface area contributed by atoms with Crippen LogP contribution in [0.3, 0.4) is 0 Å². The highest BCUT2D eigenvalue weighted by Gasteiger charge is 2.56. The quantitative estimate of drug-likeness (QED) is 0.773. The molecule has 0 radical (unpaired) electrons. The van der Waals surface area contributed by atoms with Crippen LogP contribution < -0.4 is 5.32 Å². The van der Waals surface area contributed by atoms with Crippen molar-refractivity contribution < 1.29 is 4.79 Å². The van der Waals surface area contributed by atoms with Gasteiger partial charge in [0.2, 0.25) is 5.91 Å². The van der Waals surface area contributed by atoms with Gasteiger partial charge in [0, 0.05) is 5.69 Å². The molecule has 2 rings (SSSR count). The summed E-state index contributed by atoms with van der Waals surface area (Å²) in [7, 11) is 0. The molecule has 1 unspecified atom stereocenters. The summed E-state index contributed by atoms with van der Waals surface area (Å²) < 4.78 is -0.880. The Morgan fingerprint density at radius 2 is 1.65 bits per heavy atom. The van der Waals surface area contributed by atoms with Crippen molar-refractivity contribution in [2.75, 3.05) is 5.32 Å². The van der Waals surface area contributed by atoms with Crippen LogP contribution >= 0.6 is 23.2 Å². The summed E-state index contributed by atoms with van der Waals surface area (Å²) in [6, 6.07) is 6.17. The Hall–Kier alpha value is -0.730. The van der Waals surface area contributed by atoms with Crippen LogP contribution in [-0.4, -0.2) is 10.2 Å². The van der Waals surface area contributed by atoms with E-state index < -0.39 is 4.33 Å². The van der Waals surface area contributed by atoms with E-state index in [1.807, 2.05) is 6.07 Å². The Balaban J connectivity index is 2.31. The first-order chi connectivity index (χ1) is 9.24. The van der Waals surface area contributed by atoms with Gasteiger partial charge in [-0.1, -0.05) is 45.9 Å². The average Bonchev–Trinajstić information content (AvgIpc) is 2.98. The topological polar surface area (TPSA) is 29.1 Å². The van der Waals surface area contributed by atoms with Crippen LogP contribution in [0.25, 0.3) is 0 Å². The van der Waals surface area contributed by atoms with Gasteiger partial charge in [-0.25, -0.2) is 0 Å². The number of carbonyl (C=O) groups excluding carboxylic acids is 1. The SMILES string of the molecule is CC(C)c1cccc(C(C)C)c1NC(=O)C1CC1(Cl)Cl. The lowest BCUT2D eigenvalue weighted by molar-refractivity contribution is -0.117. The molecule has 4 heteroatoms. The number of benzene rings is 1. The Labute approximate surface area is 130 Å². The van der Waals surface area contributed by atoms with Gasteiger partial charge in [-0.05, 0) is 29.4 Å². The Kier molecular flexibility index (Phi) is 4.36. The van der Waals surface area contributed by atoms with Crippen molar-refractivity contribution in [3.05, 3.63) is 29.3 Å². The molecule has 0 aliphatic heterocycles. The summed E-state index contributed by atoms with van der Waals surface area (Å²) in [4.78, 5) is 12.3. The van der Waals surface area contributed by atoms with Gasteiger partial charge < -0.3 is 5.32 Å². The van der Waals surface area contributed by atoms with Gasteiger partial charge in [0.1, 0.15) is 4.33 Å². The molecule has 0 spiro atoms. The first kappa shape index (κ1) is 15.7. The molecule has 1 aromatic carbocycles. The van der Waals surface area contributed by atoms with Crippen LogP contribution in [0.4, 0.5) is 5.69 Å². The molecule has 0 saturated heterocycles.